The van der Waals surface area contributed by atoms with Crippen LogP contribution in [-0.4, -0.2) is 32.7 Å². The fourth-order valence-corrected chi connectivity index (χ4v) is 3.66. The molecule has 7 heteroatoms. The first kappa shape index (κ1) is 16.9. The third-order valence-electron chi connectivity index (χ3n) is 5.01. The van der Waals surface area contributed by atoms with Gasteiger partial charge in [-0.2, -0.15) is 14.6 Å². The van der Waals surface area contributed by atoms with Gasteiger partial charge in [-0.3, -0.25) is 0 Å². The Kier molecular flexibility index (Phi) is 4.30. The second-order valence-corrected chi connectivity index (χ2v) is 6.85. The van der Waals surface area contributed by atoms with Crippen molar-refractivity contribution < 1.29 is 8.78 Å². The quantitative estimate of drug-likeness (QED) is 0.694. The lowest BCUT2D eigenvalue weighted by Crippen LogP contribution is -2.28. The van der Waals surface area contributed by atoms with Crippen LogP contribution in [0.1, 0.15) is 36.9 Å². The third-order valence-corrected chi connectivity index (χ3v) is 5.01. The number of benzene rings is 1. The van der Waals surface area contributed by atoms with Crippen LogP contribution in [0.25, 0.3) is 16.9 Å². The highest BCUT2D eigenvalue weighted by Crippen LogP contribution is 2.36. The highest BCUT2D eigenvalue weighted by Gasteiger charge is 2.24. The molecule has 1 aliphatic heterocycles. The lowest BCUT2D eigenvalue weighted by atomic mass is 10.0. The Balaban J connectivity index is 2.00. The van der Waals surface area contributed by atoms with Gasteiger partial charge in [-0.1, -0.05) is 12.8 Å². The number of halogens is 2. The predicted octanol–water partition coefficient (Wildman–Crippen LogP) is 4.07. The molecule has 0 saturated carbocycles. The zero-order valence-corrected chi connectivity index (χ0v) is 15.0. The lowest BCUT2D eigenvalue weighted by Gasteiger charge is -2.26. The molecule has 0 radical (unpaired) electrons. The molecule has 0 spiro atoms. The summed E-state index contributed by atoms with van der Waals surface area (Å²) in [5.74, 6) is 0.332. The minimum atomic E-state index is -0.454. The van der Waals surface area contributed by atoms with Gasteiger partial charge in [-0.05, 0) is 44.4 Å². The van der Waals surface area contributed by atoms with Gasteiger partial charge >= 0.3 is 0 Å². The van der Waals surface area contributed by atoms with E-state index in [1.165, 1.54) is 31.3 Å². The van der Waals surface area contributed by atoms with E-state index in [1.54, 1.807) is 11.4 Å². The van der Waals surface area contributed by atoms with Gasteiger partial charge in [-0.15, -0.1) is 0 Å². The van der Waals surface area contributed by atoms with E-state index in [1.807, 2.05) is 6.92 Å². The molecule has 26 heavy (non-hydrogen) atoms. The first-order valence-electron chi connectivity index (χ1n) is 8.97. The molecule has 0 unspecified atom stereocenters. The Morgan fingerprint density at radius 3 is 2.42 bits per heavy atom. The standard InChI is InChI=1S/C19H21F2N5/c1-12-9-16(21)14(10-15(12)20)17-13(2)24-19-22-11-23-26(19)18(17)25-7-5-3-4-6-8-25/h9-11H,3-8H2,1-2H3. The molecule has 0 bridgehead atoms. The predicted molar refractivity (Wildman–Crippen MR) is 96.3 cm³/mol. The van der Waals surface area contributed by atoms with Crippen LogP contribution < -0.4 is 4.90 Å². The highest BCUT2D eigenvalue weighted by atomic mass is 19.1. The van der Waals surface area contributed by atoms with E-state index < -0.39 is 11.6 Å². The first-order chi connectivity index (χ1) is 12.6. The number of rotatable bonds is 2. The maximum absolute atomic E-state index is 14.8. The van der Waals surface area contributed by atoms with Crippen LogP contribution >= 0.6 is 0 Å². The van der Waals surface area contributed by atoms with E-state index in [-0.39, 0.29) is 11.1 Å². The van der Waals surface area contributed by atoms with Crippen molar-refractivity contribution in [3.8, 4) is 11.1 Å². The van der Waals surface area contributed by atoms with Gasteiger partial charge in [0.15, 0.2) is 0 Å². The van der Waals surface area contributed by atoms with E-state index in [2.05, 4.69) is 20.0 Å². The zero-order chi connectivity index (χ0) is 18.3. The Bertz CT molecular complexity index is 958. The fourth-order valence-electron chi connectivity index (χ4n) is 3.66. The molecule has 1 aromatic carbocycles. The summed E-state index contributed by atoms with van der Waals surface area (Å²) in [6.07, 6.45) is 5.90. The summed E-state index contributed by atoms with van der Waals surface area (Å²) in [6, 6.07) is 2.50. The molecule has 1 fully saturated rings. The molecule has 0 atom stereocenters. The van der Waals surface area contributed by atoms with E-state index in [0.29, 0.717) is 17.0 Å². The summed E-state index contributed by atoms with van der Waals surface area (Å²) >= 11 is 0. The Hall–Kier alpha value is -2.57. The first-order valence-corrected chi connectivity index (χ1v) is 8.97. The van der Waals surface area contributed by atoms with Crippen molar-refractivity contribution in [2.24, 2.45) is 0 Å². The van der Waals surface area contributed by atoms with Crippen LogP contribution in [0.3, 0.4) is 0 Å². The summed E-state index contributed by atoms with van der Waals surface area (Å²) < 4.78 is 30.7. The maximum atomic E-state index is 14.8. The second kappa shape index (κ2) is 6.63. The van der Waals surface area contributed by atoms with Gasteiger partial charge in [-0.25, -0.2) is 13.8 Å². The van der Waals surface area contributed by atoms with Gasteiger partial charge in [0.1, 0.15) is 23.8 Å². The number of fused-ring (bicyclic) bond motifs is 1. The fraction of sp³-hybridized carbons (Fsp3) is 0.421. The van der Waals surface area contributed by atoms with Crippen LogP contribution in [0.5, 0.6) is 0 Å². The number of aryl methyl sites for hydroxylation is 2. The minimum absolute atomic E-state index is 0.217. The van der Waals surface area contributed by atoms with E-state index in [4.69, 9.17) is 0 Å². The van der Waals surface area contributed by atoms with Crippen molar-refractivity contribution in [3.05, 3.63) is 41.4 Å². The Morgan fingerprint density at radius 2 is 1.69 bits per heavy atom. The Labute approximate surface area is 150 Å². The molecule has 1 saturated heterocycles. The minimum Gasteiger partial charge on any atom is -0.356 e. The smallest absolute Gasteiger partial charge is 0.254 e. The second-order valence-electron chi connectivity index (χ2n) is 6.85. The van der Waals surface area contributed by atoms with E-state index in [0.717, 1.165) is 31.7 Å². The van der Waals surface area contributed by atoms with Gasteiger partial charge in [0.2, 0.25) is 0 Å². The molecule has 1 aliphatic rings. The van der Waals surface area contributed by atoms with Crippen molar-refractivity contribution in [1.29, 1.82) is 0 Å². The summed E-state index contributed by atoms with van der Waals surface area (Å²) in [5.41, 5.74) is 1.71. The molecule has 3 heterocycles. The van der Waals surface area contributed by atoms with Crippen LogP contribution in [0.15, 0.2) is 18.5 Å². The van der Waals surface area contributed by atoms with Crippen LogP contribution in [0.4, 0.5) is 14.6 Å². The monoisotopic (exact) mass is 357 g/mol. The summed E-state index contributed by atoms with van der Waals surface area (Å²) in [5, 5.41) is 4.31. The van der Waals surface area contributed by atoms with Crippen LogP contribution in [-0.2, 0) is 0 Å². The van der Waals surface area contributed by atoms with Gasteiger partial charge < -0.3 is 4.90 Å². The van der Waals surface area contributed by atoms with E-state index >= 15 is 0 Å². The summed E-state index contributed by atoms with van der Waals surface area (Å²) in [4.78, 5) is 10.9. The number of hydrogen-bond acceptors (Lipinski definition) is 4. The van der Waals surface area contributed by atoms with Crippen LogP contribution in [0, 0.1) is 25.5 Å². The van der Waals surface area contributed by atoms with Gasteiger partial charge in [0, 0.05) is 24.2 Å². The molecule has 5 nitrogen and oxygen atoms in total. The van der Waals surface area contributed by atoms with Crippen molar-refractivity contribution in [2.75, 3.05) is 18.0 Å². The average molecular weight is 357 g/mol. The maximum Gasteiger partial charge on any atom is 0.254 e. The molecule has 3 aromatic rings. The SMILES string of the molecule is Cc1cc(F)c(-c2c(C)nc3ncnn3c2N2CCCCCC2)cc1F. The number of hydrogen-bond donors (Lipinski definition) is 0. The van der Waals surface area contributed by atoms with Crippen molar-refractivity contribution in [2.45, 2.75) is 39.5 Å². The molecular formula is C19H21F2N5. The molecule has 2 aromatic heterocycles. The number of nitrogens with zero attached hydrogens (tertiary/aromatic N) is 5. The Morgan fingerprint density at radius 1 is 0.962 bits per heavy atom. The summed E-state index contributed by atoms with van der Waals surface area (Å²) in [7, 11) is 0. The number of aromatic nitrogens is 4. The zero-order valence-electron chi connectivity index (χ0n) is 15.0. The summed E-state index contributed by atoms with van der Waals surface area (Å²) in [6.45, 7) is 5.06. The molecule has 0 amide bonds. The largest absolute Gasteiger partial charge is 0.356 e. The molecule has 136 valence electrons. The van der Waals surface area contributed by atoms with Crippen molar-refractivity contribution in [3.63, 3.8) is 0 Å². The normalized spacial score (nSPS) is 15.5. The number of anilines is 1. The lowest BCUT2D eigenvalue weighted by molar-refractivity contribution is 0.594. The van der Waals surface area contributed by atoms with Crippen molar-refractivity contribution in [1.82, 2.24) is 19.6 Å². The van der Waals surface area contributed by atoms with E-state index in [9.17, 15) is 8.78 Å². The van der Waals surface area contributed by atoms with Gasteiger partial charge in [0.25, 0.3) is 5.78 Å². The third kappa shape index (κ3) is 2.81. The molecular weight excluding hydrogens is 336 g/mol. The molecule has 0 N–H and O–H groups in total. The molecule has 0 aliphatic carbocycles. The van der Waals surface area contributed by atoms with Crippen LogP contribution in [0.2, 0.25) is 0 Å². The van der Waals surface area contributed by atoms with Crippen molar-refractivity contribution >= 4 is 11.6 Å². The topological polar surface area (TPSA) is 46.3 Å². The van der Waals surface area contributed by atoms with Gasteiger partial charge in [0.05, 0.1) is 5.69 Å². The molecule has 4 rings (SSSR count). The highest BCUT2D eigenvalue weighted by molar-refractivity contribution is 5.80. The average Bonchev–Trinajstić information content (AvgIpc) is 2.90.